The molecule has 2 nitrogen and oxygen atoms in total. The van der Waals surface area contributed by atoms with E-state index >= 15 is 0 Å². The van der Waals surface area contributed by atoms with Gasteiger partial charge in [-0.2, -0.15) is 11.8 Å². The van der Waals surface area contributed by atoms with Crippen molar-refractivity contribution in [1.29, 1.82) is 0 Å². The molecule has 3 heteroatoms. The minimum absolute atomic E-state index is 0.228. The molecule has 13 heavy (non-hydrogen) atoms. The molecule has 1 fully saturated rings. The summed E-state index contributed by atoms with van der Waals surface area (Å²) in [6, 6.07) is 0. The van der Waals surface area contributed by atoms with Gasteiger partial charge in [0.05, 0.1) is 7.11 Å². The minimum Gasteiger partial charge on any atom is -0.466 e. The molecule has 1 aliphatic heterocycles. The summed E-state index contributed by atoms with van der Waals surface area (Å²) >= 11 is 1.89. The zero-order valence-electron chi connectivity index (χ0n) is 8.42. The maximum atomic E-state index is 11.0. The molecule has 1 saturated heterocycles. The first kappa shape index (κ1) is 10.6. The van der Waals surface area contributed by atoms with Gasteiger partial charge < -0.3 is 4.74 Å². The molecule has 0 aromatic heterocycles. The third kappa shape index (κ3) is 3.43. The molecule has 1 heterocycles. The van der Waals surface area contributed by atoms with Crippen molar-refractivity contribution in [3.63, 3.8) is 0 Å². The lowest BCUT2D eigenvalue weighted by molar-refractivity contribution is -0.134. The number of hydrogen-bond donors (Lipinski definition) is 0. The summed E-state index contributed by atoms with van der Waals surface area (Å²) in [6.45, 7) is 4.45. The summed E-state index contributed by atoms with van der Waals surface area (Å²) < 4.78 is 4.60. The third-order valence-electron chi connectivity index (χ3n) is 2.01. The van der Waals surface area contributed by atoms with E-state index in [1.54, 1.807) is 6.08 Å². The average Bonchev–Trinajstić information content (AvgIpc) is 2.02. The molecule has 0 aromatic carbocycles. The number of methoxy groups -OCH3 is 1. The molecule has 74 valence electrons. The van der Waals surface area contributed by atoms with E-state index in [0.717, 1.165) is 12.2 Å². The Labute approximate surface area is 83.7 Å². The average molecular weight is 200 g/mol. The van der Waals surface area contributed by atoms with Gasteiger partial charge in [0.1, 0.15) is 0 Å². The molecular weight excluding hydrogens is 184 g/mol. The molecule has 0 aliphatic carbocycles. The maximum Gasteiger partial charge on any atom is 0.330 e. The third-order valence-corrected chi connectivity index (χ3v) is 3.57. The number of rotatable bonds is 1. The molecule has 0 N–H and O–H groups in total. The predicted molar refractivity (Wildman–Crippen MR) is 55.8 cm³/mol. The van der Waals surface area contributed by atoms with Gasteiger partial charge in [-0.1, -0.05) is 19.4 Å². The zero-order valence-corrected chi connectivity index (χ0v) is 9.24. The fourth-order valence-corrected chi connectivity index (χ4v) is 2.70. The summed E-state index contributed by atoms with van der Waals surface area (Å²) in [5.41, 5.74) is 1.52. The highest BCUT2D eigenvalue weighted by Gasteiger charge is 2.24. The highest BCUT2D eigenvalue weighted by Crippen LogP contribution is 2.36. The number of hydrogen-bond acceptors (Lipinski definition) is 3. The zero-order chi connectivity index (χ0) is 9.90. The van der Waals surface area contributed by atoms with Crippen molar-refractivity contribution in [2.45, 2.75) is 20.3 Å². The Kier molecular flexibility index (Phi) is 3.42. The van der Waals surface area contributed by atoms with Crippen LogP contribution in [0.2, 0.25) is 0 Å². The Morgan fingerprint density at radius 3 is 2.85 bits per heavy atom. The number of thioether (sulfide) groups is 1. The lowest BCUT2D eigenvalue weighted by atomic mass is 9.87. The summed E-state index contributed by atoms with van der Waals surface area (Å²) in [5, 5.41) is 0. The molecule has 0 amide bonds. The van der Waals surface area contributed by atoms with Crippen LogP contribution < -0.4 is 0 Å². The SMILES string of the molecule is COC(=O)/C=C1/CSCC(C)(C)C1. The topological polar surface area (TPSA) is 26.3 Å². The van der Waals surface area contributed by atoms with Crippen LogP contribution in [0.4, 0.5) is 0 Å². The molecule has 0 bridgehead atoms. The van der Waals surface area contributed by atoms with Crippen LogP contribution in [0.1, 0.15) is 20.3 Å². The Hall–Kier alpha value is -0.440. The molecule has 1 aliphatic rings. The van der Waals surface area contributed by atoms with Crippen LogP contribution in [0, 0.1) is 5.41 Å². The van der Waals surface area contributed by atoms with Crippen LogP contribution in [-0.2, 0) is 9.53 Å². The van der Waals surface area contributed by atoms with Crippen molar-refractivity contribution < 1.29 is 9.53 Å². The van der Waals surface area contributed by atoms with Gasteiger partial charge in [-0.05, 0) is 17.6 Å². The van der Waals surface area contributed by atoms with Gasteiger partial charge in [0.2, 0.25) is 0 Å². The van der Waals surface area contributed by atoms with Crippen molar-refractivity contribution in [1.82, 2.24) is 0 Å². The van der Waals surface area contributed by atoms with Crippen molar-refractivity contribution in [2.75, 3.05) is 18.6 Å². The van der Waals surface area contributed by atoms with Crippen LogP contribution in [0.3, 0.4) is 0 Å². The Morgan fingerprint density at radius 2 is 2.31 bits per heavy atom. The lowest BCUT2D eigenvalue weighted by Gasteiger charge is -2.30. The first-order chi connectivity index (χ1) is 6.03. The number of carbonyl (C=O) groups excluding carboxylic acids is 1. The van der Waals surface area contributed by atoms with E-state index in [1.807, 2.05) is 11.8 Å². The van der Waals surface area contributed by atoms with Gasteiger partial charge >= 0.3 is 5.97 Å². The second-order valence-electron chi connectivity index (χ2n) is 4.16. The molecule has 0 unspecified atom stereocenters. The fourth-order valence-electron chi connectivity index (χ4n) is 1.49. The fraction of sp³-hybridized carbons (Fsp3) is 0.700. The van der Waals surface area contributed by atoms with Crippen molar-refractivity contribution in [2.24, 2.45) is 5.41 Å². The van der Waals surface area contributed by atoms with Crippen LogP contribution in [-0.4, -0.2) is 24.6 Å². The van der Waals surface area contributed by atoms with Crippen LogP contribution in [0.25, 0.3) is 0 Å². The molecule has 0 radical (unpaired) electrons. The van der Waals surface area contributed by atoms with Gasteiger partial charge in [0.15, 0.2) is 0 Å². The molecule has 0 atom stereocenters. The van der Waals surface area contributed by atoms with Crippen LogP contribution in [0.15, 0.2) is 11.6 Å². The highest BCUT2D eigenvalue weighted by atomic mass is 32.2. The first-order valence-electron chi connectivity index (χ1n) is 4.39. The molecule has 0 saturated carbocycles. The maximum absolute atomic E-state index is 11.0. The van der Waals surface area contributed by atoms with Gasteiger partial charge in [-0.3, -0.25) is 0 Å². The lowest BCUT2D eigenvalue weighted by Crippen LogP contribution is -2.21. The molecular formula is C10H16O2S. The Bertz CT molecular complexity index is 231. The molecule has 0 spiro atoms. The highest BCUT2D eigenvalue weighted by molar-refractivity contribution is 7.99. The van der Waals surface area contributed by atoms with Crippen LogP contribution in [0.5, 0.6) is 0 Å². The van der Waals surface area contributed by atoms with E-state index in [0.29, 0.717) is 5.41 Å². The second kappa shape index (κ2) is 4.18. The number of ether oxygens (including phenoxy) is 1. The van der Waals surface area contributed by atoms with E-state index in [1.165, 1.54) is 18.4 Å². The summed E-state index contributed by atoms with van der Waals surface area (Å²) in [6.07, 6.45) is 2.64. The standard InChI is InChI=1S/C10H16O2S/c1-10(2)5-8(6-13-7-10)4-9(11)12-3/h4H,5-7H2,1-3H3/b8-4+. The largest absolute Gasteiger partial charge is 0.466 e. The monoisotopic (exact) mass is 200 g/mol. The normalized spacial score (nSPS) is 24.4. The van der Waals surface area contributed by atoms with E-state index in [9.17, 15) is 4.79 Å². The van der Waals surface area contributed by atoms with Gasteiger partial charge in [0, 0.05) is 11.8 Å². The number of carbonyl (C=O) groups is 1. The van der Waals surface area contributed by atoms with Crippen molar-refractivity contribution in [3.05, 3.63) is 11.6 Å². The Balaban J connectivity index is 2.61. The Morgan fingerprint density at radius 1 is 1.62 bits per heavy atom. The summed E-state index contributed by atoms with van der Waals surface area (Å²) in [7, 11) is 1.42. The quantitative estimate of drug-likeness (QED) is 0.479. The smallest absolute Gasteiger partial charge is 0.330 e. The van der Waals surface area contributed by atoms with Crippen LogP contribution >= 0.6 is 11.8 Å². The summed E-state index contributed by atoms with van der Waals surface area (Å²) in [5.74, 6) is 1.91. The number of esters is 1. The van der Waals surface area contributed by atoms with E-state index < -0.39 is 0 Å². The van der Waals surface area contributed by atoms with E-state index in [2.05, 4.69) is 18.6 Å². The predicted octanol–water partition coefficient (Wildman–Crippen LogP) is 2.25. The van der Waals surface area contributed by atoms with Gasteiger partial charge in [0.25, 0.3) is 0 Å². The van der Waals surface area contributed by atoms with E-state index in [-0.39, 0.29) is 5.97 Å². The summed E-state index contributed by atoms with van der Waals surface area (Å²) in [4.78, 5) is 11.0. The van der Waals surface area contributed by atoms with Crippen molar-refractivity contribution in [3.8, 4) is 0 Å². The van der Waals surface area contributed by atoms with E-state index in [4.69, 9.17) is 0 Å². The minimum atomic E-state index is -0.228. The van der Waals surface area contributed by atoms with Gasteiger partial charge in [-0.15, -0.1) is 0 Å². The molecule has 1 rings (SSSR count). The molecule has 0 aromatic rings. The van der Waals surface area contributed by atoms with Gasteiger partial charge in [-0.25, -0.2) is 4.79 Å². The first-order valence-corrected chi connectivity index (χ1v) is 5.54. The van der Waals surface area contributed by atoms with Crippen molar-refractivity contribution >= 4 is 17.7 Å². The second-order valence-corrected chi connectivity index (χ2v) is 5.15.